The van der Waals surface area contributed by atoms with E-state index in [1.165, 1.54) is 0 Å². The van der Waals surface area contributed by atoms with E-state index in [1.807, 2.05) is 30.3 Å². The van der Waals surface area contributed by atoms with Gasteiger partial charge in [-0.3, -0.25) is 9.36 Å². The highest BCUT2D eigenvalue weighted by Crippen LogP contribution is 2.29. The van der Waals surface area contributed by atoms with Gasteiger partial charge in [-0.15, -0.1) is 0 Å². The number of hydrogen-bond acceptors (Lipinski definition) is 6. The average molecular weight is 439 g/mol. The number of amides is 1. The Morgan fingerprint density at radius 1 is 1.22 bits per heavy atom. The van der Waals surface area contributed by atoms with Gasteiger partial charge in [-0.1, -0.05) is 48.5 Å². The lowest BCUT2D eigenvalue weighted by Crippen LogP contribution is -2.34. The number of ether oxygens (including phenoxy) is 3. The number of carbonyl (C=O) groups is 1. The van der Waals surface area contributed by atoms with Crippen LogP contribution in [-0.4, -0.2) is 34.5 Å². The summed E-state index contributed by atoms with van der Waals surface area (Å²) in [4.78, 5) is 28.4. The fourth-order valence-corrected chi connectivity index (χ4v) is 3.25. The van der Waals surface area contributed by atoms with E-state index >= 15 is 0 Å². The molecule has 2 aromatic carbocycles. The highest BCUT2D eigenvalue weighted by atomic mass is 19.1. The van der Waals surface area contributed by atoms with E-state index in [1.54, 1.807) is 37.3 Å². The van der Waals surface area contributed by atoms with E-state index in [2.05, 4.69) is 10.3 Å². The fourth-order valence-electron chi connectivity index (χ4n) is 3.25. The topological polar surface area (TPSA) is 91.7 Å². The maximum atomic E-state index is 14.6. The maximum Gasteiger partial charge on any atom is 0.351 e. The van der Waals surface area contributed by atoms with Crippen molar-refractivity contribution in [1.29, 1.82) is 0 Å². The van der Waals surface area contributed by atoms with Crippen LogP contribution < -0.4 is 11.0 Å². The number of aromatic nitrogens is 2. The smallest absolute Gasteiger partial charge is 0.351 e. The van der Waals surface area contributed by atoms with Gasteiger partial charge in [0.25, 0.3) is 5.91 Å². The molecule has 2 heterocycles. The first-order valence-electron chi connectivity index (χ1n) is 10.0. The minimum absolute atomic E-state index is 0.0158. The molecule has 0 saturated carbocycles. The summed E-state index contributed by atoms with van der Waals surface area (Å²) in [6.45, 7) is 2.19. The monoisotopic (exact) mass is 439 g/mol. The third-order valence-electron chi connectivity index (χ3n) is 4.88. The van der Waals surface area contributed by atoms with E-state index < -0.39 is 35.2 Å². The van der Waals surface area contributed by atoms with Crippen molar-refractivity contribution >= 4 is 11.7 Å². The van der Waals surface area contributed by atoms with Crippen LogP contribution in [0.2, 0.25) is 0 Å². The number of carbonyl (C=O) groups excluding carboxylic acids is 1. The van der Waals surface area contributed by atoms with Gasteiger partial charge in [0.15, 0.2) is 23.7 Å². The van der Waals surface area contributed by atoms with Gasteiger partial charge in [0, 0.05) is 5.56 Å². The normalized spacial score (nSPS) is 20.2. The molecule has 2 atom stereocenters. The van der Waals surface area contributed by atoms with Gasteiger partial charge in [-0.2, -0.15) is 4.98 Å². The zero-order chi connectivity index (χ0) is 22.6. The zero-order valence-corrected chi connectivity index (χ0v) is 17.4. The third kappa shape index (κ3) is 5.08. The first kappa shape index (κ1) is 21.8. The van der Waals surface area contributed by atoms with Gasteiger partial charge < -0.3 is 19.5 Å². The predicted molar refractivity (Wildman–Crippen MR) is 113 cm³/mol. The molecule has 8 nitrogen and oxygen atoms in total. The standard InChI is InChI=1S/C23H22FN3O5/c1-23(15-30-13-16-8-4-2-5-9-16)31-14-19(32-23)27-12-18(24)20(26-22(27)29)25-21(28)17-10-6-3-7-11-17/h2-12,19H,13-15H2,1H3,(H,25,26,28,29)/t19-,23+/m1/s1. The van der Waals surface area contributed by atoms with Gasteiger partial charge >= 0.3 is 5.69 Å². The number of anilines is 1. The molecule has 1 amide bonds. The number of benzene rings is 2. The van der Waals surface area contributed by atoms with Crippen LogP contribution in [-0.2, 0) is 20.8 Å². The molecule has 1 saturated heterocycles. The molecule has 0 aliphatic carbocycles. The second-order valence-corrected chi connectivity index (χ2v) is 7.44. The average Bonchev–Trinajstić information content (AvgIpc) is 3.19. The summed E-state index contributed by atoms with van der Waals surface area (Å²) in [5.74, 6) is -2.99. The quantitative estimate of drug-likeness (QED) is 0.608. The summed E-state index contributed by atoms with van der Waals surface area (Å²) in [6, 6.07) is 17.9. The molecular weight excluding hydrogens is 417 g/mol. The molecule has 0 spiro atoms. The van der Waals surface area contributed by atoms with Crippen LogP contribution in [0.5, 0.6) is 0 Å². The number of hydrogen-bond donors (Lipinski definition) is 1. The van der Waals surface area contributed by atoms with Gasteiger partial charge in [0.1, 0.15) is 6.61 Å². The highest BCUT2D eigenvalue weighted by Gasteiger charge is 2.39. The Morgan fingerprint density at radius 2 is 1.91 bits per heavy atom. The third-order valence-corrected chi connectivity index (χ3v) is 4.88. The summed E-state index contributed by atoms with van der Waals surface area (Å²) in [7, 11) is 0. The Kier molecular flexibility index (Phi) is 6.40. The number of halogens is 1. The van der Waals surface area contributed by atoms with Crippen molar-refractivity contribution in [2.75, 3.05) is 18.5 Å². The van der Waals surface area contributed by atoms with Crippen molar-refractivity contribution in [2.24, 2.45) is 0 Å². The molecule has 4 rings (SSSR count). The molecule has 166 valence electrons. The molecular formula is C23H22FN3O5. The SMILES string of the molecule is C[C@]1(COCc2ccccc2)OC[C@H](n2cc(F)c(NC(=O)c3ccccc3)nc2=O)O1. The van der Waals surface area contributed by atoms with Crippen LogP contribution in [0.3, 0.4) is 0 Å². The van der Waals surface area contributed by atoms with Crippen LogP contribution >= 0.6 is 0 Å². The lowest BCUT2D eigenvalue weighted by atomic mass is 10.2. The van der Waals surface area contributed by atoms with Crippen molar-refractivity contribution < 1.29 is 23.4 Å². The first-order chi connectivity index (χ1) is 15.4. The Bertz CT molecular complexity index is 1140. The Balaban J connectivity index is 1.40. The van der Waals surface area contributed by atoms with Crippen molar-refractivity contribution in [1.82, 2.24) is 9.55 Å². The molecule has 0 unspecified atom stereocenters. The molecule has 1 aliphatic heterocycles. The van der Waals surface area contributed by atoms with Crippen LogP contribution in [0.1, 0.15) is 29.1 Å². The summed E-state index contributed by atoms with van der Waals surface area (Å²) in [6.07, 6.45) is 0.0641. The molecule has 32 heavy (non-hydrogen) atoms. The first-order valence-corrected chi connectivity index (χ1v) is 10.0. The molecule has 1 fully saturated rings. The Hall–Kier alpha value is -3.40. The predicted octanol–water partition coefficient (Wildman–Crippen LogP) is 3.11. The van der Waals surface area contributed by atoms with Gasteiger partial charge in [0.05, 0.1) is 19.4 Å². The van der Waals surface area contributed by atoms with Crippen LogP contribution in [0, 0.1) is 5.82 Å². The Morgan fingerprint density at radius 3 is 2.62 bits per heavy atom. The van der Waals surface area contributed by atoms with Gasteiger partial charge in [-0.05, 0) is 24.6 Å². The number of nitrogens with one attached hydrogen (secondary N) is 1. The van der Waals surface area contributed by atoms with Crippen molar-refractivity contribution in [2.45, 2.75) is 25.5 Å². The van der Waals surface area contributed by atoms with Crippen molar-refractivity contribution in [3.63, 3.8) is 0 Å². The summed E-state index contributed by atoms with van der Waals surface area (Å²) < 4.78 is 32.7. The Labute approximate surface area is 183 Å². The van der Waals surface area contributed by atoms with E-state index in [9.17, 15) is 14.0 Å². The second kappa shape index (κ2) is 9.39. The van der Waals surface area contributed by atoms with E-state index in [0.717, 1.165) is 16.3 Å². The number of nitrogens with zero attached hydrogens (tertiary/aromatic N) is 2. The minimum atomic E-state index is -1.10. The van der Waals surface area contributed by atoms with Crippen LogP contribution in [0.25, 0.3) is 0 Å². The van der Waals surface area contributed by atoms with E-state index in [0.29, 0.717) is 12.2 Å². The maximum absolute atomic E-state index is 14.6. The lowest BCUT2D eigenvalue weighted by molar-refractivity contribution is -0.199. The number of rotatable bonds is 7. The molecule has 1 aliphatic rings. The van der Waals surface area contributed by atoms with E-state index in [4.69, 9.17) is 14.2 Å². The summed E-state index contributed by atoms with van der Waals surface area (Å²) in [5, 5.41) is 2.31. The zero-order valence-electron chi connectivity index (χ0n) is 17.4. The fraction of sp³-hybridized carbons (Fsp3) is 0.261. The molecule has 1 N–H and O–H groups in total. The summed E-state index contributed by atoms with van der Waals surface area (Å²) >= 11 is 0. The largest absolute Gasteiger partial charge is 0.371 e. The minimum Gasteiger partial charge on any atom is -0.371 e. The summed E-state index contributed by atoms with van der Waals surface area (Å²) in [5.41, 5.74) is 0.538. The van der Waals surface area contributed by atoms with Crippen LogP contribution in [0.4, 0.5) is 10.2 Å². The molecule has 3 aromatic rings. The lowest BCUT2D eigenvalue weighted by Gasteiger charge is -2.23. The second-order valence-electron chi connectivity index (χ2n) is 7.44. The van der Waals surface area contributed by atoms with E-state index in [-0.39, 0.29) is 13.2 Å². The van der Waals surface area contributed by atoms with Crippen LogP contribution in [0.15, 0.2) is 71.7 Å². The van der Waals surface area contributed by atoms with Crippen molar-refractivity contribution in [3.05, 3.63) is 94.3 Å². The van der Waals surface area contributed by atoms with Gasteiger partial charge in [-0.25, -0.2) is 9.18 Å². The highest BCUT2D eigenvalue weighted by molar-refractivity contribution is 6.03. The molecule has 0 radical (unpaired) electrons. The molecule has 0 bridgehead atoms. The van der Waals surface area contributed by atoms with Gasteiger partial charge in [0.2, 0.25) is 0 Å². The molecule has 9 heteroatoms. The molecule has 1 aromatic heterocycles. The van der Waals surface area contributed by atoms with Crippen molar-refractivity contribution in [3.8, 4) is 0 Å².